The van der Waals surface area contributed by atoms with Crippen molar-refractivity contribution in [1.29, 1.82) is 0 Å². The fraction of sp³-hybridized carbons (Fsp3) is 0.750. The summed E-state index contributed by atoms with van der Waals surface area (Å²) in [7, 11) is 0. The molecular weight excluding hydrogens is 264 g/mol. The quantitative estimate of drug-likeness (QED) is 0.514. The van der Waals surface area contributed by atoms with Gasteiger partial charge in [-0.25, -0.2) is 15.0 Å². The molecule has 0 bridgehead atoms. The first-order valence-electron chi connectivity index (χ1n) is 6.55. The van der Waals surface area contributed by atoms with Gasteiger partial charge in [0, 0.05) is 19.1 Å². The normalized spacial score (nSPS) is 18.9. The van der Waals surface area contributed by atoms with Gasteiger partial charge in [-0.2, -0.15) is 0 Å². The number of alkyl carbamates (subject to hydrolysis) is 1. The van der Waals surface area contributed by atoms with Gasteiger partial charge in [0.2, 0.25) is 6.41 Å². The van der Waals surface area contributed by atoms with Gasteiger partial charge in [-0.1, -0.05) is 0 Å². The van der Waals surface area contributed by atoms with Gasteiger partial charge in [0.15, 0.2) is 0 Å². The summed E-state index contributed by atoms with van der Waals surface area (Å²) in [4.78, 5) is 35.0. The second-order valence-electron chi connectivity index (χ2n) is 5.62. The Balaban J connectivity index is 2.42. The van der Waals surface area contributed by atoms with Gasteiger partial charge in [0.25, 0.3) is 0 Å². The number of carbonyl (C=O) groups is 3. The van der Waals surface area contributed by atoms with E-state index in [2.05, 4.69) is 16.2 Å². The topological polar surface area (TPSA) is 99.8 Å². The van der Waals surface area contributed by atoms with Crippen molar-refractivity contribution in [1.82, 2.24) is 21.1 Å². The Bertz CT molecular complexity index is 367. The van der Waals surface area contributed by atoms with Crippen molar-refractivity contribution in [3.8, 4) is 0 Å². The Morgan fingerprint density at radius 1 is 1.35 bits per heavy atom. The van der Waals surface area contributed by atoms with E-state index in [4.69, 9.17) is 4.74 Å². The zero-order valence-electron chi connectivity index (χ0n) is 12.1. The van der Waals surface area contributed by atoms with Gasteiger partial charge >= 0.3 is 12.1 Å². The van der Waals surface area contributed by atoms with Crippen LogP contribution >= 0.6 is 0 Å². The van der Waals surface area contributed by atoms with Crippen molar-refractivity contribution in [3.63, 3.8) is 0 Å². The minimum absolute atomic E-state index is 0.152. The van der Waals surface area contributed by atoms with Crippen molar-refractivity contribution >= 4 is 18.5 Å². The molecule has 8 nitrogen and oxygen atoms in total. The molecule has 20 heavy (non-hydrogen) atoms. The lowest BCUT2D eigenvalue weighted by molar-refractivity contribution is -0.110. The maximum Gasteiger partial charge on any atom is 0.407 e. The lowest BCUT2D eigenvalue weighted by atomic mass is 10.1. The lowest BCUT2D eigenvalue weighted by Crippen LogP contribution is -2.54. The molecule has 1 aliphatic heterocycles. The molecule has 0 aliphatic carbocycles. The molecule has 0 aromatic rings. The molecule has 1 rings (SSSR count). The standard InChI is InChI=1S/C12H22N4O4/c1-12(2,3)20-11(19)14-9-5-4-6-16(7-9)10(18)15-13-8-17/h8-9H,4-7H2,1-3H3,(H,13,17)(H,14,19)(H,15,18). The van der Waals surface area contributed by atoms with Crippen LogP contribution in [-0.2, 0) is 9.53 Å². The Hall–Kier alpha value is -1.99. The number of piperidine rings is 1. The number of hydrazine groups is 1. The van der Waals surface area contributed by atoms with Crippen LogP contribution < -0.4 is 16.2 Å². The number of hydrogen-bond acceptors (Lipinski definition) is 4. The zero-order chi connectivity index (χ0) is 15.2. The van der Waals surface area contributed by atoms with Gasteiger partial charge < -0.3 is 15.0 Å². The third kappa shape index (κ3) is 5.77. The first-order chi connectivity index (χ1) is 9.31. The molecule has 1 unspecified atom stereocenters. The first-order valence-corrected chi connectivity index (χ1v) is 6.55. The highest BCUT2D eigenvalue weighted by Gasteiger charge is 2.26. The van der Waals surface area contributed by atoms with Crippen molar-refractivity contribution < 1.29 is 19.1 Å². The number of nitrogens with zero attached hydrogens (tertiary/aromatic N) is 1. The molecule has 8 heteroatoms. The smallest absolute Gasteiger partial charge is 0.407 e. The monoisotopic (exact) mass is 286 g/mol. The predicted octanol–water partition coefficient (Wildman–Crippen LogP) is 0.346. The van der Waals surface area contributed by atoms with E-state index in [9.17, 15) is 14.4 Å². The van der Waals surface area contributed by atoms with Crippen LogP contribution in [0.2, 0.25) is 0 Å². The van der Waals surface area contributed by atoms with Crippen LogP contribution in [0.25, 0.3) is 0 Å². The van der Waals surface area contributed by atoms with Crippen LogP contribution in [0.4, 0.5) is 9.59 Å². The van der Waals surface area contributed by atoms with Crippen LogP contribution in [0.5, 0.6) is 0 Å². The molecule has 3 N–H and O–H groups in total. The number of urea groups is 1. The number of amides is 4. The fourth-order valence-corrected chi connectivity index (χ4v) is 1.92. The van der Waals surface area contributed by atoms with E-state index in [0.717, 1.165) is 12.8 Å². The number of ether oxygens (including phenoxy) is 1. The minimum atomic E-state index is -0.552. The van der Waals surface area contributed by atoms with Gasteiger partial charge in [-0.05, 0) is 33.6 Å². The molecule has 0 saturated carbocycles. The summed E-state index contributed by atoms with van der Waals surface area (Å²) < 4.78 is 5.17. The van der Waals surface area contributed by atoms with Crippen LogP contribution in [0.1, 0.15) is 33.6 Å². The molecule has 4 amide bonds. The Morgan fingerprint density at radius 3 is 2.65 bits per heavy atom. The van der Waals surface area contributed by atoms with Crippen molar-refractivity contribution in [2.24, 2.45) is 0 Å². The van der Waals surface area contributed by atoms with Crippen molar-refractivity contribution in [3.05, 3.63) is 0 Å². The molecule has 1 saturated heterocycles. The first kappa shape index (κ1) is 16.1. The maximum absolute atomic E-state index is 11.7. The number of hydrogen-bond donors (Lipinski definition) is 3. The summed E-state index contributed by atoms with van der Waals surface area (Å²) in [5.74, 6) is 0. The van der Waals surface area contributed by atoms with E-state index >= 15 is 0 Å². The second-order valence-corrected chi connectivity index (χ2v) is 5.62. The molecule has 1 aliphatic rings. The summed E-state index contributed by atoms with van der Waals surface area (Å²) >= 11 is 0. The van der Waals surface area contributed by atoms with E-state index in [1.165, 1.54) is 4.90 Å². The summed E-state index contributed by atoms with van der Waals surface area (Å²) in [5, 5.41) is 2.74. The molecule has 114 valence electrons. The number of carbonyl (C=O) groups excluding carboxylic acids is 3. The summed E-state index contributed by atoms with van der Waals surface area (Å²) in [6.07, 6.45) is 1.45. The molecule has 1 atom stereocenters. The number of likely N-dealkylation sites (tertiary alicyclic amines) is 1. The molecule has 0 aromatic carbocycles. The van der Waals surface area contributed by atoms with Crippen LogP contribution in [-0.4, -0.2) is 48.2 Å². The maximum atomic E-state index is 11.7. The highest BCUT2D eigenvalue weighted by molar-refractivity contribution is 5.75. The highest BCUT2D eigenvalue weighted by Crippen LogP contribution is 2.12. The zero-order valence-corrected chi connectivity index (χ0v) is 12.1. The molecule has 0 radical (unpaired) electrons. The minimum Gasteiger partial charge on any atom is -0.444 e. The Morgan fingerprint density at radius 2 is 2.05 bits per heavy atom. The van der Waals surface area contributed by atoms with Crippen LogP contribution in [0.3, 0.4) is 0 Å². The van der Waals surface area contributed by atoms with Gasteiger partial charge in [0.1, 0.15) is 5.60 Å². The average molecular weight is 286 g/mol. The number of nitrogens with one attached hydrogen (secondary N) is 3. The van der Waals surface area contributed by atoms with Gasteiger partial charge in [-0.3, -0.25) is 10.2 Å². The van der Waals surface area contributed by atoms with E-state index in [1.54, 1.807) is 20.8 Å². The second kappa shape index (κ2) is 6.97. The lowest BCUT2D eigenvalue weighted by Gasteiger charge is -2.33. The van der Waals surface area contributed by atoms with E-state index < -0.39 is 17.7 Å². The Kier molecular flexibility index (Phi) is 5.60. The third-order valence-corrected chi connectivity index (χ3v) is 2.67. The van der Waals surface area contributed by atoms with Gasteiger partial charge in [0.05, 0.1) is 0 Å². The Labute approximate surface area is 118 Å². The van der Waals surface area contributed by atoms with Crippen molar-refractivity contribution in [2.75, 3.05) is 13.1 Å². The summed E-state index contributed by atoms with van der Waals surface area (Å²) in [5.41, 5.74) is 3.79. The highest BCUT2D eigenvalue weighted by atomic mass is 16.6. The largest absolute Gasteiger partial charge is 0.444 e. The molecule has 0 spiro atoms. The van der Waals surface area contributed by atoms with E-state index in [-0.39, 0.29) is 6.04 Å². The van der Waals surface area contributed by atoms with Crippen LogP contribution in [0.15, 0.2) is 0 Å². The summed E-state index contributed by atoms with van der Waals surface area (Å²) in [6, 6.07) is -0.548. The fourth-order valence-electron chi connectivity index (χ4n) is 1.92. The van der Waals surface area contributed by atoms with E-state index in [0.29, 0.717) is 19.5 Å². The molecule has 0 aromatic heterocycles. The number of rotatable bonds is 3. The van der Waals surface area contributed by atoms with Crippen LogP contribution in [0, 0.1) is 0 Å². The third-order valence-electron chi connectivity index (χ3n) is 2.67. The molecular formula is C12H22N4O4. The summed E-state index contributed by atoms with van der Waals surface area (Å²) in [6.45, 7) is 6.33. The SMILES string of the molecule is CC(C)(C)OC(=O)NC1CCCN(C(=O)NNC=O)C1. The molecule has 1 fully saturated rings. The molecule has 1 heterocycles. The van der Waals surface area contributed by atoms with E-state index in [1.807, 2.05) is 0 Å². The predicted molar refractivity (Wildman–Crippen MR) is 71.7 cm³/mol. The average Bonchev–Trinajstić information content (AvgIpc) is 2.33. The van der Waals surface area contributed by atoms with Crippen molar-refractivity contribution in [2.45, 2.75) is 45.3 Å². The van der Waals surface area contributed by atoms with Gasteiger partial charge in [-0.15, -0.1) is 0 Å².